The summed E-state index contributed by atoms with van der Waals surface area (Å²) in [4.78, 5) is 26.8. The van der Waals surface area contributed by atoms with E-state index in [1.807, 2.05) is 30.9 Å². The van der Waals surface area contributed by atoms with Crippen LogP contribution in [-0.4, -0.2) is 41.0 Å². The Morgan fingerprint density at radius 2 is 2.00 bits per heavy atom. The number of ether oxygens (including phenoxy) is 1. The second kappa shape index (κ2) is 9.78. The quantitative estimate of drug-likeness (QED) is 0.749. The van der Waals surface area contributed by atoms with Crippen LogP contribution in [0.15, 0.2) is 28.8 Å². The van der Waals surface area contributed by atoms with E-state index in [0.29, 0.717) is 43.3 Å². The minimum atomic E-state index is -0.121. The molecular formula is C23H31N3O4. The van der Waals surface area contributed by atoms with Crippen LogP contribution >= 0.6 is 0 Å². The summed E-state index contributed by atoms with van der Waals surface area (Å²) in [5.74, 6) is 1.81. The van der Waals surface area contributed by atoms with Crippen molar-refractivity contribution in [2.75, 3.05) is 13.1 Å². The number of aryl methyl sites for hydroxylation is 2. The average Bonchev–Trinajstić information content (AvgIpc) is 3.04. The van der Waals surface area contributed by atoms with E-state index in [4.69, 9.17) is 9.26 Å². The van der Waals surface area contributed by atoms with Crippen molar-refractivity contribution < 1.29 is 18.8 Å². The zero-order valence-electron chi connectivity index (χ0n) is 18.2. The Kier molecular flexibility index (Phi) is 7.13. The molecular weight excluding hydrogens is 382 g/mol. The third-order valence-electron chi connectivity index (χ3n) is 5.43. The van der Waals surface area contributed by atoms with E-state index in [9.17, 15) is 9.59 Å². The number of benzene rings is 1. The van der Waals surface area contributed by atoms with Gasteiger partial charge in [-0.2, -0.15) is 0 Å². The topological polar surface area (TPSA) is 84.7 Å². The van der Waals surface area contributed by atoms with Crippen molar-refractivity contribution in [3.8, 4) is 5.75 Å². The van der Waals surface area contributed by atoms with Crippen LogP contribution in [0.5, 0.6) is 5.75 Å². The second-order valence-corrected chi connectivity index (χ2v) is 8.35. The highest BCUT2D eigenvalue weighted by molar-refractivity contribution is 5.94. The Labute approximate surface area is 177 Å². The number of carbonyl (C=O) groups excluding carboxylic acids is 2. The van der Waals surface area contributed by atoms with Crippen molar-refractivity contribution >= 4 is 11.8 Å². The Morgan fingerprint density at radius 1 is 1.27 bits per heavy atom. The first-order valence-corrected chi connectivity index (χ1v) is 10.6. The van der Waals surface area contributed by atoms with E-state index in [1.165, 1.54) is 0 Å². The molecule has 162 valence electrons. The highest BCUT2D eigenvalue weighted by Crippen LogP contribution is 2.19. The maximum atomic E-state index is 12.7. The van der Waals surface area contributed by atoms with Gasteiger partial charge in [-0.3, -0.25) is 9.59 Å². The van der Waals surface area contributed by atoms with Gasteiger partial charge in [-0.15, -0.1) is 0 Å². The lowest BCUT2D eigenvalue weighted by molar-refractivity contribution is -0.133. The molecule has 2 heterocycles. The van der Waals surface area contributed by atoms with Gasteiger partial charge in [0, 0.05) is 31.1 Å². The molecule has 0 atom stereocenters. The van der Waals surface area contributed by atoms with E-state index in [0.717, 1.165) is 29.9 Å². The van der Waals surface area contributed by atoms with E-state index in [2.05, 4.69) is 24.3 Å². The molecule has 2 amide bonds. The molecule has 1 saturated heterocycles. The van der Waals surface area contributed by atoms with Gasteiger partial charge >= 0.3 is 0 Å². The number of aromatic nitrogens is 1. The molecule has 1 aromatic heterocycles. The summed E-state index contributed by atoms with van der Waals surface area (Å²) in [7, 11) is 0. The van der Waals surface area contributed by atoms with Crippen molar-refractivity contribution in [2.24, 2.45) is 5.92 Å². The molecule has 0 spiro atoms. The van der Waals surface area contributed by atoms with Crippen LogP contribution in [0.1, 0.15) is 60.5 Å². The van der Waals surface area contributed by atoms with E-state index in [1.54, 1.807) is 12.1 Å². The van der Waals surface area contributed by atoms with Gasteiger partial charge in [0.05, 0.1) is 11.3 Å². The number of nitrogens with one attached hydrogen (secondary N) is 1. The molecule has 2 aromatic rings. The third-order valence-corrected chi connectivity index (χ3v) is 5.43. The van der Waals surface area contributed by atoms with Gasteiger partial charge in [-0.1, -0.05) is 25.1 Å². The minimum absolute atomic E-state index is 0.0764. The zero-order chi connectivity index (χ0) is 21.7. The Morgan fingerprint density at radius 3 is 2.63 bits per heavy atom. The average molecular weight is 414 g/mol. The molecule has 7 heteroatoms. The van der Waals surface area contributed by atoms with Gasteiger partial charge in [0.15, 0.2) is 0 Å². The summed E-state index contributed by atoms with van der Waals surface area (Å²) in [6, 6.07) is 7.24. The predicted octanol–water partition coefficient (Wildman–Crippen LogP) is 3.64. The highest BCUT2D eigenvalue weighted by Gasteiger charge is 2.24. The Balaban J connectivity index is 1.51. The smallest absolute Gasteiger partial charge is 0.251 e. The largest absolute Gasteiger partial charge is 0.489 e. The number of carbonyl (C=O) groups is 2. The molecule has 0 saturated carbocycles. The normalized spacial score (nSPS) is 14.8. The molecule has 1 aliphatic heterocycles. The standard InChI is InChI=1S/C23H31N3O4/c1-15(2)12-22(27)26-10-8-19(9-11-26)24-23(28)18-6-5-7-20(13-18)29-14-21-16(3)25-30-17(21)4/h5-7,13,15,19H,8-12,14H2,1-4H3,(H,24,28). The second-order valence-electron chi connectivity index (χ2n) is 8.35. The number of nitrogens with zero attached hydrogens (tertiary/aromatic N) is 2. The fourth-order valence-electron chi connectivity index (χ4n) is 3.61. The molecule has 1 N–H and O–H groups in total. The maximum absolute atomic E-state index is 12.7. The van der Waals surface area contributed by atoms with Crippen LogP contribution in [-0.2, 0) is 11.4 Å². The highest BCUT2D eigenvalue weighted by atomic mass is 16.5. The predicted molar refractivity (Wildman–Crippen MR) is 113 cm³/mol. The number of rotatable bonds is 7. The van der Waals surface area contributed by atoms with E-state index in [-0.39, 0.29) is 17.9 Å². The molecule has 0 unspecified atom stereocenters. The molecule has 0 bridgehead atoms. The zero-order valence-corrected chi connectivity index (χ0v) is 18.2. The van der Waals surface area contributed by atoms with Gasteiger partial charge in [-0.05, 0) is 50.8 Å². The number of hydrogen-bond acceptors (Lipinski definition) is 5. The van der Waals surface area contributed by atoms with Crippen LogP contribution in [0.3, 0.4) is 0 Å². The molecule has 1 aromatic carbocycles. The number of piperidine rings is 1. The van der Waals surface area contributed by atoms with Crippen molar-refractivity contribution in [3.63, 3.8) is 0 Å². The molecule has 30 heavy (non-hydrogen) atoms. The molecule has 1 fully saturated rings. The van der Waals surface area contributed by atoms with Crippen LogP contribution in [0.4, 0.5) is 0 Å². The van der Waals surface area contributed by atoms with Gasteiger partial charge in [-0.25, -0.2) is 0 Å². The number of amides is 2. The van der Waals surface area contributed by atoms with Crippen LogP contribution in [0.2, 0.25) is 0 Å². The summed E-state index contributed by atoms with van der Waals surface area (Å²) in [6.07, 6.45) is 2.13. The summed E-state index contributed by atoms with van der Waals surface area (Å²) in [5, 5.41) is 7.02. The lowest BCUT2D eigenvalue weighted by Crippen LogP contribution is -2.46. The molecule has 3 rings (SSSR count). The van der Waals surface area contributed by atoms with Crippen molar-refractivity contribution in [2.45, 2.75) is 59.6 Å². The maximum Gasteiger partial charge on any atom is 0.251 e. The van der Waals surface area contributed by atoms with Crippen LogP contribution < -0.4 is 10.1 Å². The van der Waals surface area contributed by atoms with E-state index >= 15 is 0 Å². The van der Waals surface area contributed by atoms with Crippen LogP contribution in [0, 0.1) is 19.8 Å². The van der Waals surface area contributed by atoms with Crippen molar-refractivity contribution in [1.82, 2.24) is 15.4 Å². The summed E-state index contributed by atoms with van der Waals surface area (Å²) in [6.45, 7) is 9.56. The molecule has 0 aliphatic carbocycles. The van der Waals surface area contributed by atoms with Gasteiger partial charge < -0.3 is 19.5 Å². The van der Waals surface area contributed by atoms with Gasteiger partial charge in [0.25, 0.3) is 5.91 Å². The first kappa shape index (κ1) is 21.9. The Hall–Kier alpha value is -2.83. The van der Waals surface area contributed by atoms with Crippen molar-refractivity contribution in [1.29, 1.82) is 0 Å². The number of hydrogen-bond donors (Lipinski definition) is 1. The number of likely N-dealkylation sites (tertiary alicyclic amines) is 1. The molecule has 0 radical (unpaired) electrons. The first-order chi connectivity index (χ1) is 14.3. The third kappa shape index (κ3) is 5.62. The molecule has 1 aliphatic rings. The first-order valence-electron chi connectivity index (χ1n) is 10.6. The Bertz CT molecular complexity index is 863. The van der Waals surface area contributed by atoms with Crippen LogP contribution in [0.25, 0.3) is 0 Å². The van der Waals surface area contributed by atoms with Gasteiger partial charge in [0.2, 0.25) is 5.91 Å². The van der Waals surface area contributed by atoms with E-state index < -0.39 is 0 Å². The minimum Gasteiger partial charge on any atom is -0.489 e. The van der Waals surface area contributed by atoms with Gasteiger partial charge in [0.1, 0.15) is 18.1 Å². The van der Waals surface area contributed by atoms with Crippen molar-refractivity contribution in [3.05, 3.63) is 46.8 Å². The monoisotopic (exact) mass is 413 g/mol. The SMILES string of the molecule is Cc1noc(C)c1COc1cccc(C(=O)NC2CCN(C(=O)CC(C)C)CC2)c1. The molecule has 7 nitrogen and oxygen atoms in total. The summed E-state index contributed by atoms with van der Waals surface area (Å²) >= 11 is 0. The lowest BCUT2D eigenvalue weighted by atomic mass is 10.0. The lowest BCUT2D eigenvalue weighted by Gasteiger charge is -2.32. The fraction of sp³-hybridized carbons (Fsp3) is 0.522. The summed E-state index contributed by atoms with van der Waals surface area (Å²) in [5.41, 5.74) is 2.29. The fourth-order valence-corrected chi connectivity index (χ4v) is 3.61. The summed E-state index contributed by atoms with van der Waals surface area (Å²) < 4.78 is 11.0.